The van der Waals surface area contributed by atoms with Crippen molar-refractivity contribution in [2.75, 3.05) is 5.32 Å². The van der Waals surface area contributed by atoms with Crippen LogP contribution in [0.25, 0.3) is 0 Å². The molecule has 25 heavy (non-hydrogen) atoms. The smallest absolute Gasteiger partial charge is 0.278 e. The molecule has 130 valence electrons. The molecule has 1 aromatic carbocycles. The van der Waals surface area contributed by atoms with E-state index >= 15 is 0 Å². The number of carbonyl (C=O) groups is 1. The Kier molecular flexibility index (Phi) is 5.32. The average Bonchev–Trinajstić information content (AvgIpc) is 3.12. The minimum Gasteiger partial charge on any atom is -0.302 e. The second-order valence-electron chi connectivity index (χ2n) is 5.25. The van der Waals surface area contributed by atoms with Crippen molar-refractivity contribution in [1.82, 2.24) is 19.6 Å². The number of hydrogen-bond donors (Lipinski definition) is 1. The Bertz CT molecular complexity index is 918. The number of aryl methyl sites for hydroxylation is 1. The monoisotopic (exact) mass is 397 g/mol. The van der Waals surface area contributed by atoms with Crippen LogP contribution in [0.1, 0.15) is 23.0 Å². The van der Waals surface area contributed by atoms with Gasteiger partial charge >= 0.3 is 0 Å². The summed E-state index contributed by atoms with van der Waals surface area (Å²) in [5, 5.41) is 12.2. The summed E-state index contributed by atoms with van der Waals surface area (Å²) in [5.74, 6) is -0.233. The zero-order chi connectivity index (χ0) is 18.0. The lowest BCUT2D eigenvalue weighted by Gasteiger charge is -2.04. The van der Waals surface area contributed by atoms with Crippen LogP contribution in [-0.2, 0) is 13.1 Å². The van der Waals surface area contributed by atoms with Gasteiger partial charge in [-0.25, -0.2) is 0 Å². The van der Waals surface area contributed by atoms with Gasteiger partial charge in [-0.2, -0.15) is 10.2 Å². The van der Waals surface area contributed by atoms with E-state index in [1.54, 1.807) is 27.8 Å². The third-order valence-corrected chi connectivity index (χ3v) is 4.42. The zero-order valence-electron chi connectivity index (χ0n) is 13.2. The summed E-state index contributed by atoms with van der Waals surface area (Å²) in [5.41, 5.74) is 1.02. The number of amides is 1. The molecule has 0 radical (unpaired) electrons. The van der Waals surface area contributed by atoms with Crippen LogP contribution in [-0.4, -0.2) is 25.5 Å². The predicted octanol–water partition coefficient (Wildman–Crippen LogP) is 4.36. The number of carbonyl (C=O) groups excluding carboxylic acids is 1. The average molecular weight is 399 g/mol. The molecule has 2 aromatic heterocycles. The van der Waals surface area contributed by atoms with E-state index < -0.39 is 5.91 Å². The second kappa shape index (κ2) is 7.47. The first-order valence-electron chi connectivity index (χ1n) is 7.48. The molecule has 0 aliphatic carbocycles. The Hall–Kier alpha value is -2.02. The van der Waals surface area contributed by atoms with Crippen molar-refractivity contribution in [3.8, 4) is 0 Å². The van der Waals surface area contributed by atoms with Crippen LogP contribution in [0.2, 0.25) is 15.1 Å². The fourth-order valence-electron chi connectivity index (χ4n) is 2.24. The molecule has 0 aliphatic heterocycles. The van der Waals surface area contributed by atoms with Crippen molar-refractivity contribution in [1.29, 1.82) is 0 Å². The van der Waals surface area contributed by atoms with Crippen molar-refractivity contribution in [3.05, 3.63) is 63.0 Å². The zero-order valence-corrected chi connectivity index (χ0v) is 15.5. The highest BCUT2D eigenvalue weighted by Gasteiger charge is 2.18. The van der Waals surface area contributed by atoms with Gasteiger partial charge in [-0.05, 0) is 18.6 Å². The molecule has 0 spiro atoms. The molecular formula is C16H14Cl3N5O. The Morgan fingerprint density at radius 3 is 2.44 bits per heavy atom. The Balaban J connectivity index is 1.77. The van der Waals surface area contributed by atoms with Crippen LogP contribution in [0.15, 0.2) is 36.7 Å². The quantitative estimate of drug-likeness (QED) is 0.694. The van der Waals surface area contributed by atoms with Gasteiger partial charge in [0, 0.05) is 24.0 Å². The number of nitrogens with one attached hydrogen (secondary N) is 1. The Labute approximate surface area is 159 Å². The SMILES string of the molecule is CCn1cc(Cl)c(C(=O)Nc2nn(Cc3ccccc3Cl)cc2Cl)n1. The lowest BCUT2D eigenvalue weighted by atomic mass is 10.2. The molecule has 3 aromatic rings. The number of nitrogens with zero attached hydrogens (tertiary/aromatic N) is 4. The number of benzene rings is 1. The number of hydrogen-bond acceptors (Lipinski definition) is 3. The summed E-state index contributed by atoms with van der Waals surface area (Å²) >= 11 is 18.4. The van der Waals surface area contributed by atoms with Gasteiger partial charge in [0.05, 0.1) is 11.6 Å². The summed E-state index contributed by atoms with van der Waals surface area (Å²) in [6, 6.07) is 7.44. The van der Waals surface area contributed by atoms with Gasteiger partial charge in [-0.3, -0.25) is 14.2 Å². The topological polar surface area (TPSA) is 64.7 Å². The molecule has 0 saturated heterocycles. The molecule has 0 bridgehead atoms. The van der Waals surface area contributed by atoms with E-state index in [1.807, 2.05) is 25.1 Å². The van der Waals surface area contributed by atoms with E-state index in [0.717, 1.165) is 5.56 Å². The molecule has 0 unspecified atom stereocenters. The molecule has 0 atom stereocenters. The molecule has 6 nitrogen and oxygen atoms in total. The highest BCUT2D eigenvalue weighted by atomic mass is 35.5. The van der Waals surface area contributed by atoms with Crippen LogP contribution < -0.4 is 5.32 Å². The molecule has 0 saturated carbocycles. The Morgan fingerprint density at radius 2 is 1.76 bits per heavy atom. The number of anilines is 1. The van der Waals surface area contributed by atoms with Gasteiger partial charge in [0.15, 0.2) is 11.5 Å². The standard InChI is InChI=1S/C16H14Cl3N5O/c1-2-23-8-12(18)14(21-23)16(25)20-15-13(19)9-24(22-15)7-10-5-3-4-6-11(10)17/h3-6,8-9H,2,7H2,1H3,(H,20,22,25). The summed E-state index contributed by atoms with van der Waals surface area (Å²) < 4.78 is 3.18. The van der Waals surface area contributed by atoms with Crippen molar-refractivity contribution in [3.63, 3.8) is 0 Å². The van der Waals surface area contributed by atoms with Gasteiger partial charge in [0.25, 0.3) is 5.91 Å². The number of rotatable bonds is 5. The third-order valence-electron chi connectivity index (χ3n) is 3.50. The first kappa shape index (κ1) is 17.8. The molecule has 3 rings (SSSR count). The predicted molar refractivity (Wildman–Crippen MR) is 98.7 cm³/mol. The lowest BCUT2D eigenvalue weighted by molar-refractivity contribution is 0.102. The molecular weight excluding hydrogens is 385 g/mol. The summed E-state index contributed by atoms with van der Waals surface area (Å²) in [7, 11) is 0. The highest BCUT2D eigenvalue weighted by Crippen LogP contribution is 2.23. The minimum atomic E-state index is -0.470. The molecule has 2 heterocycles. The van der Waals surface area contributed by atoms with Crippen LogP contribution in [0.3, 0.4) is 0 Å². The largest absolute Gasteiger partial charge is 0.302 e. The minimum absolute atomic E-state index is 0.125. The summed E-state index contributed by atoms with van der Waals surface area (Å²) in [6.45, 7) is 2.94. The van der Waals surface area contributed by atoms with Crippen LogP contribution in [0, 0.1) is 0 Å². The van der Waals surface area contributed by atoms with Crippen molar-refractivity contribution in [2.24, 2.45) is 0 Å². The van der Waals surface area contributed by atoms with Gasteiger partial charge in [-0.15, -0.1) is 0 Å². The van der Waals surface area contributed by atoms with Crippen LogP contribution >= 0.6 is 34.8 Å². The summed E-state index contributed by atoms with van der Waals surface area (Å²) in [6.07, 6.45) is 3.21. The van der Waals surface area contributed by atoms with Gasteiger partial charge in [-0.1, -0.05) is 53.0 Å². The van der Waals surface area contributed by atoms with E-state index in [2.05, 4.69) is 15.5 Å². The Morgan fingerprint density at radius 1 is 1.04 bits per heavy atom. The van der Waals surface area contributed by atoms with Crippen LogP contribution in [0.5, 0.6) is 0 Å². The van der Waals surface area contributed by atoms with E-state index in [9.17, 15) is 4.79 Å². The number of aromatic nitrogens is 4. The summed E-state index contributed by atoms with van der Waals surface area (Å²) in [4.78, 5) is 12.3. The van der Waals surface area contributed by atoms with E-state index in [4.69, 9.17) is 34.8 Å². The van der Waals surface area contributed by atoms with E-state index in [-0.39, 0.29) is 16.5 Å². The first-order valence-corrected chi connectivity index (χ1v) is 8.62. The number of halogens is 3. The van der Waals surface area contributed by atoms with Crippen molar-refractivity contribution < 1.29 is 4.79 Å². The lowest BCUT2D eigenvalue weighted by Crippen LogP contribution is -2.15. The van der Waals surface area contributed by atoms with E-state index in [0.29, 0.717) is 23.1 Å². The van der Waals surface area contributed by atoms with Crippen molar-refractivity contribution in [2.45, 2.75) is 20.0 Å². The molecule has 1 N–H and O–H groups in total. The maximum atomic E-state index is 12.3. The highest BCUT2D eigenvalue weighted by molar-refractivity contribution is 6.35. The molecule has 9 heteroatoms. The maximum Gasteiger partial charge on any atom is 0.278 e. The normalized spacial score (nSPS) is 10.9. The third kappa shape index (κ3) is 3.98. The van der Waals surface area contributed by atoms with Gasteiger partial charge < -0.3 is 5.32 Å². The van der Waals surface area contributed by atoms with Crippen LogP contribution in [0.4, 0.5) is 5.82 Å². The van der Waals surface area contributed by atoms with E-state index in [1.165, 1.54) is 0 Å². The van der Waals surface area contributed by atoms with Gasteiger partial charge in [0.2, 0.25) is 0 Å². The fraction of sp³-hybridized carbons (Fsp3) is 0.188. The van der Waals surface area contributed by atoms with Crippen molar-refractivity contribution >= 4 is 46.5 Å². The molecule has 1 amide bonds. The molecule has 0 aliphatic rings. The van der Waals surface area contributed by atoms with Gasteiger partial charge in [0.1, 0.15) is 5.02 Å². The molecule has 0 fully saturated rings. The second-order valence-corrected chi connectivity index (χ2v) is 6.47. The first-order chi connectivity index (χ1) is 12.0. The fourth-order valence-corrected chi connectivity index (χ4v) is 2.87. The maximum absolute atomic E-state index is 12.3.